The maximum absolute atomic E-state index is 12.0. The largest absolute Gasteiger partial charge is 0.289 e. The molecule has 0 radical (unpaired) electrons. The van der Waals surface area contributed by atoms with E-state index >= 15 is 0 Å². The zero-order valence-electron chi connectivity index (χ0n) is 11.2. The van der Waals surface area contributed by atoms with Crippen LogP contribution in [-0.2, 0) is 11.2 Å². The molecule has 1 amide bonds. The van der Waals surface area contributed by atoms with Gasteiger partial charge in [0.15, 0.2) is 0 Å². The molecule has 0 unspecified atom stereocenters. The van der Waals surface area contributed by atoms with E-state index in [1.54, 1.807) is 6.20 Å². The average Bonchev–Trinajstić information content (AvgIpc) is 2.45. The molecule has 0 spiro atoms. The fourth-order valence-corrected chi connectivity index (χ4v) is 2.30. The van der Waals surface area contributed by atoms with Crippen molar-refractivity contribution in [2.75, 3.05) is 13.1 Å². The summed E-state index contributed by atoms with van der Waals surface area (Å²) < 4.78 is 0. The predicted octanol–water partition coefficient (Wildman–Crippen LogP) is 2.03. The lowest BCUT2D eigenvalue weighted by molar-refractivity contribution is -0.126. The summed E-state index contributed by atoms with van der Waals surface area (Å²) in [6.07, 6.45) is 5.13. The summed E-state index contributed by atoms with van der Waals surface area (Å²) in [4.78, 5) is 16.2. The highest BCUT2D eigenvalue weighted by atomic mass is 16.2. The van der Waals surface area contributed by atoms with Gasteiger partial charge in [-0.25, -0.2) is 5.01 Å². The van der Waals surface area contributed by atoms with E-state index in [1.165, 1.54) is 0 Å². The minimum atomic E-state index is 0.0426. The number of hydrogen-bond acceptors (Lipinski definition) is 3. The highest BCUT2D eigenvalue weighted by Crippen LogP contribution is 2.23. The SMILES string of the molecule is O=C(Cc1ccccc1-c1cccnc1)NN1CCC1. The van der Waals surface area contributed by atoms with E-state index in [-0.39, 0.29) is 5.91 Å². The van der Waals surface area contributed by atoms with Crippen LogP contribution in [0.4, 0.5) is 0 Å². The Morgan fingerprint density at radius 2 is 2.05 bits per heavy atom. The molecule has 4 heteroatoms. The van der Waals surface area contributed by atoms with Crippen molar-refractivity contribution in [2.45, 2.75) is 12.8 Å². The number of pyridine rings is 1. The van der Waals surface area contributed by atoms with Crippen LogP contribution in [0.2, 0.25) is 0 Å². The highest BCUT2D eigenvalue weighted by Gasteiger charge is 2.17. The number of aromatic nitrogens is 1. The van der Waals surface area contributed by atoms with Crippen LogP contribution in [0.15, 0.2) is 48.8 Å². The molecule has 0 aliphatic carbocycles. The number of carbonyl (C=O) groups is 1. The van der Waals surface area contributed by atoms with Gasteiger partial charge in [0.25, 0.3) is 0 Å². The van der Waals surface area contributed by atoms with Gasteiger partial charge in [0.2, 0.25) is 5.91 Å². The van der Waals surface area contributed by atoms with Crippen molar-refractivity contribution in [3.63, 3.8) is 0 Å². The van der Waals surface area contributed by atoms with Crippen LogP contribution in [0.5, 0.6) is 0 Å². The Balaban J connectivity index is 1.77. The van der Waals surface area contributed by atoms with Gasteiger partial charge in [-0.05, 0) is 23.6 Å². The summed E-state index contributed by atoms with van der Waals surface area (Å²) in [5, 5.41) is 1.95. The molecule has 1 aromatic carbocycles. The molecule has 0 bridgehead atoms. The van der Waals surface area contributed by atoms with E-state index in [4.69, 9.17) is 0 Å². The summed E-state index contributed by atoms with van der Waals surface area (Å²) >= 11 is 0. The number of hydrogen-bond donors (Lipinski definition) is 1. The molecule has 102 valence electrons. The second-order valence-corrected chi connectivity index (χ2v) is 4.95. The normalized spacial score (nSPS) is 14.6. The Hall–Kier alpha value is -2.20. The lowest BCUT2D eigenvalue weighted by Gasteiger charge is -2.30. The molecule has 2 aromatic rings. The second kappa shape index (κ2) is 5.84. The van der Waals surface area contributed by atoms with Gasteiger partial charge < -0.3 is 0 Å². The molecular formula is C16H17N3O. The Morgan fingerprint density at radius 3 is 2.75 bits per heavy atom. The number of carbonyl (C=O) groups excluding carboxylic acids is 1. The molecule has 20 heavy (non-hydrogen) atoms. The molecule has 1 saturated heterocycles. The van der Waals surface area contributed by atoms with Gasteiger partial charge in [-0.1, -0.05) is 30.3 Å². The van der Waals surface area contributed by atoms with Crippen molar-refractivity contribution in [1.29, 1.82) is 0 Å². The topological polar surface area (TPSA) is 45.2 Å². The Morgan fingerprint density at radius 1 is 1.20 bits per heavy atom. The van der Waals surface area contributed by atoms with Crippen molar-refractivity contribution in [3.8, 4) is 11.1 Å². The third-order valence-electron chi connectivity index (χ3n) is 3.48. The molecule has 1 N–H and O–H groups in total. The molecule has 2 heterocycles. The quantitative estimate of drug-likeness (QED) is 0.922. The molecular weight excluding hydrogens is 250 g/mol. The van der Waals surface area contributed by atoms with Gasteiger partial charge in [0.05, 0.1) is 6.42 Å². The van der Waals surface area contributed by atoms with Crippen molar-refractivity contribution < 1.29 is 4.79 Å². The summed E-state index contributed by atoms with van der Waals surface area (Å²) in [6.45, 7) is 1.91. The van der Waals surface area contributed by atoms with Crippen molar-refractivity contribution in [2.24, 2.45) is 0 Å². The van der Waals surface area contributed by atoms with Gasteiger partial charge in [0, 0.05) is 31.0 Å². The zero-order valence-corrected chi connectivity index (χ0v) is 11.2. The number of amides is 1. The first-order chi connectivity index (χ1) is 9.83. The van der Waals surface area contributed by atoms with Crippen LogP contribution in [0, 0.1) is 0 Å². The summed E-state index contributed by atoms with van der Waals surface area (Å²) in [7, 11) is 0. The molecule has 0 saturated carbocycles. The summed E-state index contributed by atoms with van der Waals surface area (Å²) in [6, 6.07) is 11.9. The van der Waals surface area contributed by atoms with Crippen LogP contribution in [0.1, 0.15) is 12.0 Å². The van der Waals surface area contributed by atoms with Crippen molar-refractivity contribution in [1.82, 2.24) is 15.4 Å². The van der Waals surface area contributed by atoms with E-state index in [0.29, 0.717) is 6.42 Å². The minimum Gasteiger partial charge on any atom is -0.289 e. The number of nitrogens with zero attached hydrogens (tertiary/aromatic N) is 2. The lowest BCUT2D eigenvalue weighted by atomic mass is 9.99. The van der Waals surface area contributed by atoms with E-state index in [1.807, 2.05) is 47.6 Å². The van der Waals surface area contributed by atoms with Gasteiger partial charge in [-0.3, -0.25) is 15.2 Å². The van der Waals surface area contributed by atoms with Crippen LogP contribution in [0.3, 0.4) is 0 Å². The highest BCUT2D eigenvalue weighted by molar-refractivity contribution is 5.81. The average molecular weight is 267 g/mol. The zero-order chi connectivity index (χ0) is 13.8. The lowest BCUT2D eigenvalue weighted by Crippen LogP contribution is -2.50. The summed E-state index contributed by atoms with van der Waals surface area (Å²) in [5.74, 6) is 0.0426. The van der Waals surface area contributed by atoms with Crippen LogP contribution < -0.4 is 5.43 Å². The van der Waals surface area contributed by atoms with E-state index < -0.39 is 0 Å². The Kier molecular flexibility index (Phi) is 3.74. The van der Waals surface area contributed by atoms with Gasteiger partial charge in [-0.15, -0.1) is 0 Å². The van der Waals surface area contributed by atoms with E-state index in [2.05, 4.69) is 10.4 Å². The molecule has 1 aromatic heterocycles. The molecule has 4 nitrogen and oxygen atoms in total. The fraction of sp³-hybridized carbons (Fsp3) is 0.250. The molecule has 1 aliphatic rings. The molecule has 1 fully saturated rings. The maximum Gasteiger partial charge on any atom is 0.238 e. The maximum atomic E-state index is 12.0. The van der Waals surface area contributed by atoms with Crippen LogP contribution in [-0.4, -0.2) is 29.0 Å². The number of nitrogens with one attached hydrogen (secondary N) is 1. The first-order valence-corrected chi connectivity index (χ1v) is 6.86. The molecule has 3 rings (SSSR count). The molecule has 0 atom stereocenters. The monoisotopic (exact) mass is 267 g/mol. The first kappa shape index (κ1) is 12.8. The van der Waals surface area contributed by atoms with Crippen LogP contribution in [0.25, 0.3) is 11.1 Å². The summed E-state index contributed by atoms with van der Waals surface area (Å²) in [5.41, 5.74) is 6.06. The van der Waals surface area contributed by atoms with E-state index in [9.17, 15) is 4.79 Å². The van der Waals surface area contributed by atoms with Crippen molar-refractivity contribution >= 4 is 5.91 Å². The number of rotatable bonds is 4. The third-order valence-corrected chi connectivity index (χ3v) is 3.48. The first-order valence-electron chi connectivity index (χ1n) is 6.86. The number of hydrazine groups is 1. The fourth-order valence-electron chi connectivity index (χ4n) is 2.30. The van der Waals surface area contributed by atoms with Gasteiger partial charge >= 0.3 is 0 Å². The Bertz CT molecular complexity index is 594. The van der Waals surface area contributed by atoms with Gasteiger partial charge in [-0.2, -0.15) is 0 Å². The second-order valence-electron chi connectivity index (χ2n) is 4.95. The smallest absolute Gasteiger partial charge is 0.238 e. The molecule has 1 aliphatic heterocycles. The van der Waals surface area contributed by atoms with E-state index in [0.717, 1.165) is 36.2 Å². The predicted molar refractivity (Wildman–Crippen MR) is 77.7 cm³/mol. The van der Waals surface area contributed by atoms with Gasteiger partial charge in [0.1, 0.15) is 0 Å². The van der Waals surface area contributed by atoms with Crippen molar-refractivity contribution in [3.05, 3.63) is 54.4 Å². The Labute approximate surface area is 118 Å². The van der Waals surface area contributed by atoms with Crippen LogP contribution >= 0.6 is 0 Å². The standard InChI is InChI=1S/C16H17N3O/c20-16(18-19-9-4-10-19)11-13-5-1-2-7-15(13)14-6-3-8-17-12-14/h1-3,5-8,12H,4,9-11H2,(H,18,20). The number of benzene rings is 1. The minimum absolute atomic E-state index is 0.0426. The third kappa shape index (κ3) is 2.86.